The molecule has 0 radical (unpaired) electrons. The fourth-order valence-electron chi connectivity index (χ4n) is 1.49. The minimum Gasteiger partial charge on any atom is -0.305 e. The van der Waals surface area contributed by atoms with Crippen LogP contribution >= 0.6 is 0 Å². The third-order valence-corrected chi connectivity index (χ3v) is 2.49. The molecule has 0 bridgehead atoms. The second-order valence-corrected chi connectivity index (χ2v) is 3.61. The van der Waals surface area contributed by atoms with E-state index < -0.39 is 6.43 Å². The summed E-state index contributed by atoms with van der Waals surface area (Å²) in [5, 5.41) is 7.63. The Hall–Kier alpha value is -1.32. The summed E-state index contributed by atoms with van der Waals surface area (Å²) in [6.07, 6.45) is 1.84. The van der Waals surface area contributed by atoms with E-state index in [1.165, 1.54) is 0 Å². The molecule has 0 saturated carbocycles. The van der Waals surface area contributed by atoms with E-state index >= 15 is 0 Å². The van der Waals surface area contributed by atoms with Crippen molar-refractivity contribution >= 4 is 11.4 Å². The first-order valence-electron chi connectivity index (χ1n) is 7.74. The Morgan fingerprint density at radius 1 is 1.24 bits per heavy atom. The Morgan fingerprint density at radius 2 is 1.76 bits per heavy atom. The van der Waals surface area contributed by atoms with Crippen molar-refractivity contribution in [3.63, 3.8) is 0 Å². The summed E-state index contributed by atoms with van der Waals surface area (Å²) in [5.41, 5.74) is 2.25. The van der Waals surface area contributed by atoms with Gasteiger partial charge in [0.25, 0.3) is 0 Å². The van der Waals surface area contributed by atoms with Crippen LogP contribution in [0.2, 0.25) is 0 Å². The molecule has 1 heterocycles. The first kappa shape index (κ1) is 24.7. The Bertz CT molecular complexity index is 308. The summed E-state index contributed by atoms with van der Waals surface area (Å²) in [5.74, 6) is 0. The van der Waals surface area contributed by atoms with Crippen LogP contribution in [-0.4, -0.2) is 17.8 Å². The monoisotopic (exact) mass is 302 g/mol. The van der Waals surface area contributed by atoms with Gasteiger partial charge in [-0.25, -0.2) is 8.78 Å². The molecule has 0 atom stereocenters. The SMILES string of the molecule is C=C.CC.CC.CCC1=NC=C(C(=N)CCC(F)F)CC1. The topological polar surface area (TPSA) is 36.2 Å². The van der Waals surface area contributed by atoms with Gasteiger partial charge in [0.05, 0.1) is 0 Å². The van der Waals surface area contributed by atoms with E-state index in [9.17, 15) is 8.78 Å². The van der Waals surface area contributed by atoms with Crippen molar-refractivity contribution in [1.82, 2.24) is 0 Å². The zero-order valence-electron chi connectivity index (χ0n) is 14.3. The number of aliphatic imine (C=N–C) groups is 1. The van der Waals surface area contributed by atoms with Crippen molar-refractivity contribution in [2.24, 2.45) is 4.99 Å². The molecule has 0 aliphatic carbocycles. The maximum Gasteiger partial charge on any atom is 0.239 e. The van der Waals surface area contributed by atoms with Crippen molar-refractivity contribution in [2.45, 2.75) is 73.1 Å². The second kappa shape index (κ2) is 18.7. The molecule has 1 rings (SSSR count). The summed E-state index contributed by atoms with van der Waals surface area (Å²) in [6, 6.07) is 0. The molecule has 0 aromatic carbocycles. The summed E-state index contributed by atoms with van der Waals surface area (Å²) in [4.78, 5) is 4.20. The molecule has 0 amide bonds. The van der Waals surface area contributed by atoms with Crippen molar-refractivity contribution in [2.75, 3.05) is 0 Å². The van der Waals surface area contributed by atoms with Crippen molar-refractivity contribution in [3.8, 4) is 0 Å². The molecule has 0 spiro atoms. The van der Waals surface area contributed by atoms with Gasteiger partial charge in [0.2, 0.25) is 6.43 Å². The molecule has 0 fully saturated rings. The van der Waals surface area contributed by atoms with Crippen molar-refractivity contribution in [1.29, 1.82) is 5.41 Å². The molecule has 1 N–H and O–H groups in total. The normalized spacial score (nSPS) is 12.4. The van der Waals surface area contributed by atoms with Gasteiger partial charge in [-0.2, -0.15) is 0 Å². The Balaban J connectivity index is -0.000000478. The number of hydrogen-bond donors (Lipinski definition) is 1. The quantitative estimate of drug-likeness (QED) is 0.448. The molecule has 2 nitrogen and oxygen atoms in total. The molecule has 1 aliphatic heterocycles. The van der Waals surface area contributed by atoms with E-state index in [0.717, 1.165) is 30.5 Å². The van der Waals surface area contributed by atoms with Gasteiger partial charge in [0, 0.05) is 24.0 Å². The number of rotatable bonds is 5. The smallest absolute Gasteiger partial charge is 0.239 e. The van der Waals surface area contributed by atoms with Gasteiger partial charge in [-0.05, 0) is 31.3 Å². The number of alkyl halides is 2. The van der Waals surface area contributed by atoms with E-state index in [-0.39, 0.29) is 12.8 Å². The number of allylic oxidation sites excluding steroid dienone is 1. The third kappa shape index (κ3) is 13.4. The van der Waals surface area contributed by atoms with E-state index in [1.54, 1.807) is 6.20 Å². The third-order valence-electron chi connectivity index (χ3n) is 2.49. The maximum absolute atomic E-state index is 11.9. The van der Waals surface area contributed by atoms with Gasteiger partial charge >= 0.3 is 0 Å². The summed E-state index contributed by atoms with van der Waals surface area (Å²) < 4.78 is 23.9. The Morgan fingerprint density at radius 3 is 2.10 bits per heavy atom. The maximum atomic E-state index is 11.9. The Kier molecular flexibility index (Phi) is 22.0. The summed E-state index contributed by atoms with van der Waals surface area (Å²) in [6.45, 7) is 16.0. The van der Waals surface area contributed by atoms with Crippen LogP contribution in [0.25, 0.3) is 0 Å². The van der Waals surface area contributed by atoms with Gasteiger partial charge in [-0.3, -0.25) is 4.99 Å². The molecule has 4 heteroatoms. The van der Waals surface area contributed by atoms with Crippen LogP contribution in [0, 0.1) is 5.41 Å². The minimum atomic E-state index is -2.32. The molecular formula is C17H32F2N2. The van der Waals surface area contributed by atoms with Crippen LogP contribution in [0.5, 0.6) is 0 Å². The van der Waals surface area contributed by atoms with E-state index in [2.05, 4.69) is 18.2 Å². The first-order chi connectivity index (χ1) is 10.1. The van der Waals surface area contributed by atoms with Gasteiger partial charge < -0.3 is 5.41 Å². The number of nitrogens with zero attached hydrogens (tertiary/aromatic N) is 1. The van der Waals surface area contributed by atoms with Crippen LogP contribution in [0.15, 0.2) is 29.9 Å². The molecule has 0 aromatic heterocycles. The molecule has 0 unspecified atom stereocenters. The molecule has 0 saturated heterocycles. The van der Waals surface area contributed by atoms with Gasteiger partial charge in [-0.1, -0.05) is 34.6 Å². The minimum absolute atomic E-state index is 0.153. The van der Waals surface area contributed by atoms with Crippen LogP contribution < -0.4 is 0 Å². The fourth-order valence-corrected chi connectivity index (χ4v) is 1.49. The predicted molar refractivity (Wildman–Crippen MR) is 92.0 cm³/mol. The number of hydrogen-bond acceptors (Lipinski definition) is 2. The van der Waals surface area contributed by atoms with Gasteiger partial charge in [0.15, 0.2) is 0 Å². The van der Waals surface area contributed by atoms with E-state index in [0.29, 0.717) is 5.71 Å². The molecule has 21 heavy (non-hydrogen) atoms. The largest absolute Gasteiger partial charge is 0.305 e. The first-order valence-corrected chi connectivity index (χ1v) is 7.74. The summed E-state index contributed by atoms with van der Waals surface area (Å²) >= 11 is 0. The lowest BCUT2D eigenvalue weighted by Crippen LogP contribution is -2.09. The summed E-state index contributed by atoms with van der Waals surface area (Å²) in [7, 11) is 0. The standard InChI is InChI=1S/C11H16F2N2.2C2H6.C2H4/c1-2-9-4-3-8(7-15-9)10(14)5-6-11(12)13;3*1-2/h7,11,14H,2-6H2,1H3;2*1-2H3;1-2H2. The van der Waals surface area contributed by atoms with Crippen LogP contribution in [-0.2, 0) is 0 Å². The average Bonchev–Trinajstić information content (AvgIpc) is 2.58. The highest BCUT2D eigenvalue weighted by Crippen LogP contribution is 2.18. The van der Waals surface area contributed by atoms with E-state index in [1.807, 2.05) is 34.6 Å². The highest BCUT2D eigenvalue weighted by molar-refractivity contribution is 5.99. The zero-order chi connectivity index (χ0) is 17.3. The molecule has 124 valence electrons. The van der Waals surface area contributed by atoms with Crippen LogP contribution in [0.3, 0.4) is 0 Å². The fraction of sp³-hybridized carbons (Fsp3) is 0.647. The van der Waals surface area contributed by atoms with Gasteiger partial charge in [-0.15, -0.1) is 13.2 Å². The highest BCUT2D eigenvalue weighted by atomic mass is 19.3. The lowest BCUT2D eigenvalue weighted by atomic mass is 9.98. The second-order valence-electron chi connectivity index (χ2n) is 3.61. The molecular weight excluding hydrogens is 270 g/mol. The molecule has 0 aromatic rings. The van der Waals surface area contributed by atoms with Crippen LogP contribution in [0.1, 0.15) is 66.7 Å². The number of halogens is 2. The van der Waals surface area contributed by atoms with Gasteiger partial charge in [0.1, 0.15) is 0 Å². The average molecular weight is 302 g/mol. The van der Waals surface area contributed by atoms with E-state index in [4.69, 9.17) is 5.41 Å². The number of nitrogens with one attached hydrogen (secondary N) is 1. The van der Waals surface area contributed by atoms with Crippen LogP contribution in [0.4, 0.5) is 8.78 Å². The van der Waals surface area contributed by atoms with Crippen molar-refractivity contribution in [3.05, 3.63) is 24.9 Å². The van der Waals surface area contributed by atoms with Crippen molar-refractivity contribution < 1.29 is 8.78 Å². The lowest BCUT2D eigenvalue weighted by molar-refractivity contribution is 0.140. The predicted octanol–water partition coefficient (Wildman–Crippen LogP) is 6.43. The lowest BCUT2D eigenvalue weighted by Gasteiger charge is -2.13. The Labute approximate surface area is 129 Å². The highest BCUT2D eigenvalue weighted by Gasteiger charge is 2.12. The zero-order valence-corrected chi connectivity index (χ0v) is 14.3. The molecule has 1 aliphatic rings.